The Kier molecular flexibility index (Phi) is 9.34. The molecule has 0 atom stereocenters. The molecule has 7 heteroatoms. The van der Waals surface area contributed by atoms with Crippen molar-refractivity contribution in [2.24, 2.45) is 4.99 Å². The summed E-state index contributed by atoms with van der Waals surface area (Å²) in [6.07, 6.45) is 1.65. The number of amides is 1. The van der Waals surface area contributed by atoms with Gasteiger partial charge in [0.15, 0.2) is 5.96 Å². The number of hydrogen-bond donors (Lipinski definition) is 3. The average Bonchev–Trinajstić information content (AvgIpc) is 3.09. The van der Waals surface area contributed by atoms with Gasteiger partial charge in [-0.25, -0.2) is 4.99 Å². The van der Waals surface area contributed by atoms with Crippen LogP contribution in [0.25, 0.3) is 0 Å². The predicted molar refractivity (Wildman–Crippen MR) is 119 cm³/mol. The maximum Gasteiger partial charge on any atom is 0.251 e. The molecule has 0 fully saturated rings. The quantitative estimate of drug-likeness (QED) is 0.332. The van der Waals surface area contributed by atoms with Crippen LogP contribution in [0.1, 0.15) is 49.4 Å². The van der Waals surface area contributed by atoms with E-state index in [-0.39, 0.29) is 35.4 Å². The van der Waals surface area contributed by atoms with Crippen molar-refractivity contribution >= 4 is 35.8 Å². The smallest absolute Gasteiger partial charge is 0.251 e. The number of halogens is 1. The highest BCUT2D eigenvalue weighted by atomic mass is 127. The minimum Gasteiger partial charge on any atom is -0.467 e. The van der Waals surface area contributed by atoms with Crippen molar-refractivity contribution in [3.8, 4) is 0 Å². The summed E-state index contributed by atoms with van der Waals surface area (Å²) in [6, 6.07) is 11.3. The van der Waals surface area contributed by atoms with E-state index in [1.54, 1.807) is 6.26 Å². The zero-order chi connectivity index (χ0) is 19.0. The van der Waals surface area contributed by atoms with E-state index >= 15 is 0 Å². The molecule has 0 bridgehead atoms. The number of nitrogens with one attached hydrogen (secondary N) is 3. The second-order valence-electron chi connectivity index (χ2n) is 7.03. The third kappa shape index (κ3) is 8.47. The number of aliphatic imine (C=N–C) groups is 1. The molecule has 1 aromatic carbocycles. The number of furan rings is 1. The lowest BCUT2D eigenvalue weighted by Crippen LogP contribution is -2.40. The van der Waals surface area contributed by atoms with Crippen molar-refractivity contribution in [3.63, 3.8) is 0 Å². The van der Waals surface area contributed by atoms with Gasteiger partial charge in [-0.1, -0.05) is 12.1 Å². The Morgan fingerprint density at radius 2 is 1.93 bits per heavy atom. The van der Waals surface area contributed by atoms with Crippen LogP contribution in [-0.4, -0.2) is 24.0 Å². The van der Waals surface area contributed by atoms with Crippen molar-refractivity contribution in [2.75, 3.05) is 6.54 Å². The van der Waals surface area contributed by atoms with Crippen LogP contribution in [0.4, 0.5) is 0 Å². The van der Waals surface area contributed by atoms with E-state index in [1.807, 2.05) is 64.1 Å². The first kappa shape index (κ1) is 23.0. The third-order valence-corrected chi connectivity index (χ3v) is 3.45. The van der Waals surface area contributed by atoms with Crippen molar-refractivity contribution < 1.29 is 9.21 Å². The lowest BCUT2D eigenvalue weighted by molar-refractivity contribution is 0.0919. The predicted octanol–water partition coefficient (Wildman–Crippen LogP) is 3.68. The Morgan fingerprint density at radius 1 is 1.15 bits per heavy atom. The zero-order valence-corrected chi connectivity index (χ0v) is 18.7. The second-order valence-corrected chi connectivity index (χ2v) is 7.03. The summed E-state index contributed by atoms with van der Waals surface area (Å²) in [6.45, 7) is 9.71. The number of benzene rings is 1. The molecule has 27 heavy (non-hydrogen) atoms. The Labute approximate surface area is 178 Å². The van der Waals surface area contributed by atoms with Crippen LogP contribution in [0.2, 0.25) is 0 Å². The molecular formula is C20H29IN4O2. The van der Waals surface area contributed by atoms with Gasteiger partial charge in [-0.15, -0.1) is 24.0 Å². The molecule has 6 nitrogen and oxygen atoms in total. The Morgan fingerprint density at radius 3 is 2.56 bits per heavy atom. The zero-order valence-electron chi connectivity index (χ0n) is 16.3. The number of guanidine groups is 1. The van der Waals surface area contributed by atoms with Crippen LogP contribution in [0.15, 0.2) is 52.1 Å². The number of carbonyl (C=O) groups is 1. The Balaban J connectivity index is 0.00000364. The van der Waals surface area contributed by atoms with Crippen molar-refractivity contribution in [2.45, 2.75) is 46.3 Å². The molecule has 2 aromatic rings. The first-order valence-corrected chi connectivity index (χ1v) is 8.83. The van der Waals surface area contributed by atoms with Crippen LogP contribution in [-0.2, 0) is 13.1 Å². The Hall–Kier alpha value is -2.03. The van der Waals surface area contributed by atoms with Gasteiger partial charge in [0.05, 0.1) is 19.4 Å². The molecule has 0 unspecified atom stereocenters. The van der Waals surface area contributed by atoms with Crippen LogP contribution in [0.5, 0.6) is 0 Å². The molecule has 0 aliphatic heterocycles. The summed E-state index contributed by atoms with van der Waals surface area (Å²) in [7, 11) is 0. The molecule has 148 valence electrons. The highest BCUT2D eigenvalue weighted by Crippen LogP contribution is 2.09. The molecule has 0 radical (unpaired) electrons. The molecule has 0 saturated carbocycles. The van der Waals surface area contributed by atoms with Gasteiger partial charge in [-0.2, -0.15) is 0 Å². The molecule has 0 spiro atoms. The second kappa shape index (κ2) is 11.0. The van der Waals surface area contributed by atoms with Gasteiger partial charge in [-0.3, -0.25) is 4.79 Å². The molecule has 0 aliphatic carbocycles. The maximum absolute atomic E-state index is 12.3. The van der Waals surface area contributed by atoms with Crippen LogP contribution in [0, 0.1) is 0 Å². The van der Waals surface area contributed by atoms with E-state index in [0.29, 0.717) is 24.6 Å². The highest BCUT2D eigenvalue weighted by molar-refractivity contribution is 14.0. The largest absolute Gasteiger partial charge is 0.467 e. The fourth-order valence-corrected chi connectivity index (χ4v) is 2.32. The van der Waals surface area contributed by atoms with Crippen molar-refractivity contribution in [3.05, 3.63) is 59.5 Å². The summed E-state index contributed by atoms with van der Waals surface area (Å²) < 4.78 is 5.32. The first-order valence-electron chi connectivity index (χ1n) is 8.83. The van der Waals surface area contributed by atoms with Gasteiger partial charge < -0.3 is 20.4 Å². The van der Waals surface area contributed by atoms with Gasteiger partial charge in [0, 0.05) is 17.6 Å². The Bertz CT molecular complexity index is 737. The minimum atomic E-state index is -0.265. The maximum atomic E-state index is 12.3. The molecular weight excluding hydrogens is 455 g/mol. The lowest BCUT2D eigenvalue weighted by Gasteiger charge is -2.20. The summed E-state index contributed by atoms with van der Waals surface area (Å²) in [5.41, 5.74) is 1.35. The highest BCUT2D eigenvalue weighted by Gasteiger charge is 2.15. The SMILES string of the molecule is CCNC(=NCc1cccc(C(=O)NC(C)(C)C)c1)NCc1ccco1.I. The van der Waals surface area contributed by atoms with E-state index < -0.39 is 0 Å². The molecule has 2 rings (SSSR count). The topological polar surface area (TPSA) is 78.7 Å². The van der Waals surface area contributed by atoms with E-state index in [1.165, 1.54) is 0 Å². The molecule has 3 N–H and O–H groups in total. The van der Waals surface area contributed by atoms with Gasteiger partial charge in [0.25, 0.3) is 5.91 Å². The average molecular weight is 484 g/mol. The first-order chi connectivity index (χ1) is 12.4. The van der Waals surface area contributed by atoms with Crippen LogP contribution in [0.3, 0.4) is 0 Å². The van der Waals surface area contributed by atoms with E-state index in [2.05, 4.69) is 20.9 Å². The number of nitrogens with zero attached hydrogens (tertiary/aromatic N) is 1. The van der Waals surface area contributed by atoms with E-state index in [4.69, 9.17) is 4.42 Å². The molecule has 0 saturated heterocycles. The van der Waals surface area contributed by atoms with Crippen LogP contribution < -0.4 is 16.0 Å². The fourth-order valence-electron chi connectivity index (χ4n) is 2.32. The monoisotopic (exact) mass is 484 g/mol. The van der Waals surface area contributed by atoms with Gasteiger partial charge in [0.2, 0.25) is 0 Å². The summed E-state index contributed by atoms with van der Waals surface area (Å²) >= 11 is 0. The number of carbonyl (C=O) groups excluding carboxylic acids is 1. The van der Waals surface area contributed by atoms with E-state index in [9.17, 15) is 4.79 Å². The molecule has 0 aliphatic rings. The number of hydrogen-bond acceptors (Lipinski definition) is 3. The molecule has 1 amide bonds. The summed E-state index contributed by atoms with van der Waals surface area (Å²) in [4.78, 5) is 16.9. The number of rotatable bonds is 6. The lowest BCUT2D eigenvalue weighted by atomic mass is 10.1. The molecule has 1 heterocycles. The summed E-state index contributed by atoms with van der Waals surface area (Å²) in [5.74, 6) is 1.47. The normalized spacial score (nSPS) is 11.5. The molecule has 1 aromatic heterocycles. The van der Waals surface area contributed by atoms with Crippen LogP contribution >= 0.6 is 24.0 Å². The third-order valence-electron chi connectivity index (χ3n) is 3.45. The fraction of sp³-hybridized carbons (Fsp3) is 0.400. The minimum absolute atomic E-state index is 0. The summed E-state index contributed by atoms with van der Waals surface area (Å²) in [5, 5.41) is 9.40. The van der Waals surface area contributed by atoms with Crippen molar-refractivity contribution in [1.29, 1.82) is 0 Å². The van der Waals surface area contributed by atoms with Crippen molar-refractivity contribution in [1.82, 2.24) is 16.0 Å². The van der Waals surface area contributed by atoms with Gasteiger partial charge >= 0.3 is 0 Å². The standard InChI is InChI=1S/C20H28N4O2.HI/c1-5-21-19(23-14-17-10-7-11-26-17)22-13-15-8-6-9-16(12-15)18(25)24-20(2,3)4;/h6-12H,5,13-14H2,1-4H3,(H,24,25)(H2,21,22,23);1H. The van der Waals surface area contributed by atoms with Gasteiger partial charge in [-0.05, 0) is 57.5 Å². The van der Waals surface area contributed by atoms with E-state index in [0.717, 1.165) is 17.9 Å². The van der Waals surface area contributed by atoms with Gasteiger partial charge in [0.1, 0.15) is 5.76 Å².